The first kappa shape index (κ1) is 13.5. The Morgan fingerprint density at radius 1 is 1.44 bits per heavy atom. The van der Waals surface area contributed by atoms with Crippen molar-refractivity contribution in [1.29, 1.82) is 0 Å². The van der Waals surface area contributed by atoms with E-state index in [-0.39, 0.29) is 0 Å². The highest BCUT2D eigenvalue weighted by Crippen LogP contribution is 2.24. The van der Waals surface area contributed by atoms with Crippen LogP contribution in [0.5, 0.6) is 0 Å². The third-order valence-electron chi connectivity index (χ3n) is 2.38. The fourth-order valence-corrected chi connectivity index (χ4v) is 2.07. The fourth-order valence-electron chi connectivity index (χ4n) is 1.53. The van der Waals surface area contributed by atoms with Crippen molar-refractivity contribution in [3.63, 3.8) is 0 Å². The van der Waals surface area contributed by atoms with E-state index in [2.05, 4.69) is 43.7 Å². The van der Waals surface area contributed by atoms with Crippen LogP contribution < -0.4 is 5.32 Å². The molecule has 96 valence electrons. The van der Waals surface area contributed by atoms with Gasteiger partial charge in [-0.25, -0.2) is 0 Å². The third kappa shape index (κ3) is 3.07. The van der Waals surface area contributed by atoms with Crippen LogP contribution in [0.2, 0.25) is 5.02 Å². The number of aromatic nitrogens is 4. The van der Waals surface area contributed by atoms with Gasteiger partial charge in [0.2, 0.25) is 0 Å². The summed E-state index contributed by atoms with van der Waals surface area (Å²) in [5.74, 6) is 0.739. The lowest BCUT2D eigenvalue weighted by Gasteiger charge is -2.07. The van der Waals surface area contributed by atoms with E-state index in [0.29, 0.717) is 11.6 Å². The van der Waals surface area contributed by atoms with Crippen molar-refractivity contribution < 1.29 is 0 Å². The number of nitrogens with zero attached hydrogens (tertiary/aromatic N) is 4. The Morgan fingerprint density at radius 3 is 3.06 bits per heavy atom. The molecule has 5 nitrogen and oxygen atoms in total. The Morgan fingerprint density at radius 2 is 2.28 bits per heavy atom. The summed E-state index contributed by atoms with van der Waals surface area (Å²) in [4.78, 5) is 0. The van der Waals surface area contributed by atoms with Gasteiger partial charge < -0.3 is 5.32 Å². The lowest BCUT2D eigenvalue weighted by Crippen LogP contribution is -2.17. The van der Waals surface area contributed by atoms with Crippen molar-refractivity contribution in [2.24, 2.45) is 0 Å². The van der Waals surface area contributed by atoms with Gasteiger partial charge in [-0.2, -0.15) is 4.68 Å². The summed E-state index contributed by atoms with van der Waals surface area (Å²) in [6, 6.07) is 5.58. The minimum Gasteiger partial charge on any atom is -0.310 e. The molecular weight excluding hydrogens is 318 g/mol. The molecule has 18 heavy (non-hydrogen) atoms. The molecule has 2 rings (SSSR count). The van der Waals surface area contributed by atoms with Crippen LogP contribution >= 0.6 is 27.5 Å². The first-order chi connectivity index (χ1) is 8.72. The maximum atomic E-state index is 6.16. The molecule has 7 heteroatoms. The Labute approximate surface area is 119 Å². The number of halogens is 2. The predicted molar refractivity (Wildman–Crippen MR) is 73.9 cm³/mol. The SMILES string of the molecule is CCCNCc1nnnn1-c1cc(Br)ccc1Cl. The van der Waals surface area contributed by atoms with Gasteiger partial charge in [0.15, 0.2) is 5.82 Å². The van der Waals surface area contributed by atoms with Crippen molar-refractivity contribution in [2.45, 2.75) is 19.9 Å². The number of tetrazole rings is 1. The second-order valence-electron chi connectivity index (χ2n) is 3.78. The molecule has 0 saturated heterocycles. The average Bonchev–Trinajstić information content (AvgIpc) is 2.81. The summed E-state index contributed by atoms with van der Waals surface area (Å²) >= 11 is 9.58. The van der Waals surface area contributed by atoms with Crippen LogP contribution in [0.1, 0.15) is 19.2 Å². The van der Waals surface area contributed by atoms with E-state index in [1.54, 1.807) is 4.68 Å². The van der Waals surface area contributed by atoms with E-state index in [0.717, 1.165) is 29.0 Å². The Hall–Kier alpha value is -0.980. The Bertz CT molecular complexity index is 528. The molecule has 0 spiro atoms. The number of nitrogens with one attached hydrogen (secondary N) is 1. The summed E-state index contributed by atoms with van der Waals surface area (Å²) in [6.45, 7) is 3.66. The van der Waals surface area contributed by atoms with Crippen molar-refractivity contribution in [3.05, 3.63) is 33.5 Å². The molecule has 2 aromatic rings. The molecule has 0 amide bonds. The lowest BCUT2D eigenvalue weighted by molar-refractivity contribution is 0.633. The first-order valence-corrected chi connectivity index (χ1v) is 6.83. The molecule has 1 aromatic carbocycles. The summed E-state index contributed by atoms with van der Waals surface area (Å²) < 4.78 is 2.58. The third-order valence-corrected chi connectivity index (χ3v) is 3.19. The van der Waals surface area contributed by atoms with Gasteiger partial charge in [-0.05, 0) is 41.6 Å². The minimum absolute atomic E-state index is 0.613. The molecule has 0 fully saturated rings. The van der Waals surface area contributed by atoms with Gasteiger partial charge in [-0.3, -0.25) is 0 Å². The van der Waals surface area contributed by atoms with Crippen LogP contribution in [0, 0.1) is 0 Å². The van der Waals surface area contributed by atoms with Crippen LogP contribution in [-0.4, -0.2) is 26.8 Å². The molecule has 1 N–H and O–H groups in total. The Kier molecular flexibility index (Phi) is 4.68. The minimum atomic E-state index is 0.613. The van der Waals surface area contributed by atoms with E-state index in [4.69, 9.17) is 11.6 Å². The molecule has 0 saturated carbocycles. The molecule has 0 radical (unpaired) electrons. The van der Waals surface area contributed by atoms with E-state index in [1.807, 2.05) is 18.2 Å². The zero-order valence-corrected chi connectivity index (χ0v) is 12.2. The summed E-state index contributed by atoms with van der Waals surface area (Å²) in [6.07, 6.45) is 1.07. The quantitative estimate of drug-likeness (QED) is 0.856. The van der Waals surface area contributed by atoms with Gasteiger partial charge >= 0.3 is 0 Å². The number of benzene rings is 1. The first-order valence-electron chi connectivity index (χ1n) is 5.65. The highest BCUT2D eigenvalue weighted by molar-refractivity contribution is 9.10. The fraction of sp³-hybridized carbons (Fsp3) is 0.364. The number of hydrogen-bond acceptors (Lipinski definition) is 4. The molecule has 1 heterocycles. The van der Waals surface area contributed by atoms with Crippen molar-refractivity contribution in [2.75, 3.05) is 6.54 Å². The second-order valence-corrected chi connectivity index (χ2v) is 5.10. The smallest absolute Gasteiger partial charge is 0.170 e. The molecule has 0 atom stereocenters. The van der Waals surface area contributed by atoms with E-state index >= 15 is 0 Å². The molecule has 0 aliphatic carbocycles. The van der Waals surface area contributed by atoms with Crippen molar-refractivity contribution in [3.8, 4) is 5.69 Å². The van der Waals surface area contributed by atoms with E-state index in [9.17, 15) is 0 Å². The van der Waals surface area contributed by atoms with Crippen LogP contribution in [0.15, 0.2) is 22.7 Å². The maximum Gasteiger partial charge on any atom is 0.170 e. The van der Waals surface area contributed by atoms with Crippen molar-refractivity contribution >= 4 is 27.5 Å². The molecule has 0 bridgehead atoms. The standard InChI is InChI=1S/C11H13BrClN5/c1-2-5-14-7-11-15-16-17-18(11)10-6-8(12)3-4-9(10)13/h3-4,6,14H,2,5,7H2,1H3. The number of rotatable bonds is 5. The summed E-state index contributed by atoms with van der Waals surface area (Å²) in [5.41, 5.74) is 0.768. The van der Waals surface area contributed by atoms with E-state index in [1.165, 1.54) is 0 Å². The Balaban J connectivity index is 2.27. The molecular formula is C11H13BrClN5. The lowest BCUT2D eigenvalue weighted by atomic mass is 10.3. The van der Waals surface area contributed by atoms with E-state index < -0.39 is 0 Å². The van der Waals surface area contributed by atoms with Gasteiger partial charge in [0.05, 0.1) is 17.3 Å². The van der Waals surface area contributed by atoms with Gasteiger partial charge in [0.1, 0.15) is 0 Å². The average molecular weight is 331 g/mol. The molecule has 1 aromatic heterocycles. The van der Waals surface area contributed by atoms with Gasteiger partial charge in [-0.1, -0.05) is 34.5 Å². The largest absolute Gasteiger partial charge is 0.310 e. The summed E-state index contributed by atoms with van der Waals surface area (Å²) in [5, 5.41) is 15.6. The van der Waals surface area contributed by atoms with Gasteiger partial charge in [0, 0.05) is 4.47 Å². The van der Waals surface area contributed by atoms with Crippen LogP contribution in [0.4, 0.5) is 0 Å². The van der Waals surface area contributed by atoms with Crippen LogP contribution in [0.3, 0.4) is 0 Å². The summed E-state index contributed by atoms with van der Waals surface area (Å²) in [7, 11) is 0. The van der Waals surface area contributed by atoms with Crippen LogP contribution in [-0.2, 0) is 6.54 Å². The number of hydrogen-bond donors (Lipinski definition) is 1. The highest BCUT2D eigenvalue weighted by atomic mass is 79.9. The topological polar surface area (TPSA) is 55.6 Å². The van der Waals surface area contributed by atoms with Crippen LogP contribution in [0.25, 0.3) is 5.69 Å². The zero-order chi connectivity index (χ0) is 13.0. The van der Waals surface area contributed by atoms with Gasteiger partial charge in [-0.15, -0.1) is 5.10 Å². The van der Waals surface area contributed by atoms with Gasteiger partial charge in [0.25, 0.3) is 0 Å². The van der Waals surface area contributed by atoms with Crippen molar-refractivity contribution in [1.82, 2.24) is 25.5 Å². The predicted octanol–water partition coefficient (Wildman–Crippen LogP) is 2.58. The zero-order valence-electron chi connectivity index (χ0n) is 9.90. The molecule has 0 unspecified atom stereocenters. The molecule has 0 aliphatic heterocycles. The second kappa shape index (κ2) is 6.26. The maximum absolute atomic E-state index is 6.16. The highest BCUT2D eigenvalue weighted by Gasteiger charge is 2.11. The monoisotopic (exact) mass is 329 g/mol. The molecule has 0 aliphatic rings. The normalized spacial score (nSPS) is 10.8.